The lowest BCUT2D eigenvalue weighted by atomic mass is 9.78. The van der Waals surface area contributed by atoms with Gasteiger partial charge in [-0.1, -0.05) is 41.5 Å². The van der Waals surface area contributed by atoms with Gasteiger partial charge in [-0.25, -0.2) is 0 Å². The first-order valence-corrected chi connectivity index (χ1v) is 9.09. The zero-order chi connectivity index (χ0) is 16.0. The van der Waals surface area contributed by atoms with E-state index < -0.39 is 10.1 Å². The molecular formula is C15H32O4S. The van der Waals surface area contributed by atoms with Gasteiger partial charge in [-0.15, -0.1) is 0 Å². The van der Waals surface area contributed by atoms with Crippen molar-refractivity contribution in [1.82, 2.24) is 0 Å². The van der Waals surface area contributed by atoms with Crippen molar-refractivity contribution < 1.29 is 17.3 Å². The Labute approximate surface area is 125 Å². The van der Waals surface area contributed by atoms with Crippen LogP contribution in [-0.2, 0) is 19.0 Å². The first-order chi connectivity index (χ1) is 8.81. The second kappa shape index (κ2) is 7.76. The van der Waals surface area contributed by atoms with E-state index in [1.165, 1.54) is 0 Å². The molecule has 0 aliphatic heterocycles. The first-order valence-electron chi connectivity index (χ1n) is 7.27. The highest BCUT2D eigenvalue weighted by Crippen LogP contribution is 2.32. The smallest absolute Gasteiger partial charge is 0.264 e. The van der Waals surface area contributed by atoms with Crippen LogP contribution in [0.2, 0.25) is 0 Å². The monoisotopic (exact) mass is 308 g/mol. The Morgan fingerprint density at radius 1 is 0.950 bits per heavy atom. The molecule has 0 fully saturated rings. The standard InChI is InChI=1S/C15H32O4S/c1-14(2,3)12-13(15(4,5)6)18-10-8-9-11-19-20(7,16)17/h13H,8-12H2,1-7H3. The van der Waals surface area contributed by atoms with E-state index in [0.717, 1.165) is 19.1 Å². The number of hydrogen-bond donors (Lipinski definition) is 0. The van der Waals surface area contributed by atoms with Crippen molar-refractivity contribution in [2.75, 3.05) is 19.5 Å². The van der Waals surface area contributed by atoms with Crippen molar-refractivity contribution in [2.24, 2.45) is 10.8 Å². The van der Waals surface area contributed by atoms with Gasteiger partial charge in [0.25, 0.3) is 10.1 Å². The summed E-state index contributed by atoms with van der Waals surface area (Å²) < 4.78 is 32.3. The maximum absolute atomic E-state index is 10.8. The molecule has 0 saturated heterocycles. The van der Waals surface area contributed by atoms with Gasteiger partial charge in [-0.3, -0.25) is 4.18 Å². The van der Waals surface area contributed by atoms with E-state index in [2.05, 4.69) is 41.5 Å². The van der Waals surface area contributed by atoms with E-state index in [9.17, 15) is 8.42 Å². The van der Waals surface area contributed by atoms with Gasteiger partial charge in [0.2, 0.25) is 0 Å². The summed E-state index contributed by atoms with van der Waals surface area (Å²) in [5.41, 5.74) is 0.341. The highest BCUT2D eigenvalue weighted by atomic mass is 32.2. The van der Waals surface area contributed by atoms with Crippen molar-refractivity contribution in [3.63, 3.8) is 0 Å². The first kappa shape index (κ1) is 19.9. The summed E-state index contributed by atoms with van der Waals surface area (Å²) in [4.78, 5) is 0. The molecule has 0 heterocycles. The second-order valence-corrected chi connectivity index (χ2v) is 9.37. The third-order valence-electron chi connectivity index (χ3n) is 2.92. The van der Waals surface area contributed by atoms with Crippen molar-refractivity contribution in [1.29, 1.82) is 0 Å². The van der Waals surface area contributed by atoms with E-state index in [4.69, 9.17) is 8.92 Å². The molecule has 20 heavy (non-hydrogen) atoms. The molecule has 0 spiro atoms. The van der Waals surface area contributed by atoms with Crippen molar-refractivity contribution in [2.45, 2.75) is 66.9 Å². The highest BCUT2D eigenvalue weighted by Gasteiger charge is 2.29. The van der Waals surface area contributed by atoms with Crippen LogP contribution in [0.5, 0.6) is 0 Å². The van der Waals surface area contributed by atoms with E-state index in [1.807, 2.05) is 0 Å². The number of rotatable bonds is 8. The summed E-state index contributed by atoms with van der Waals surface area (Å²) in [5, 5.41) is 0. The minimum absolute atomic E-state index is 0.108. The van der Waals surface area contributed by atoms with Crippen LogP contribution in [0, 0.1) is 10.8 Å². The van der Waals surface area contributed by atoms with Gasteiger partial charge in [0.05, 0.1) is 19.0 Å². The minimum atomic E-state index is -3.32. The van der Waals surface area contributed by atoms with Crippen molar-refractivity contribution in [3.05, 3.63) is 0 Å². The zero-order valence-electron chi connectivity index (χ0n) is 14.2. The average molecular weight is 308 g/mol. The maximum atomic E-state index is 10.8. The quantitative estimate of drug-likeness (QED) is 0.508. The van der Waals surface area contributed by atoms with Crippen LogP contribution in [-0.4, -0.2) is 34.0 Å². The fourth-order valence-electron chi connectivity index (χ4n) is 1.81. The van der Waals surface area contributed by atoms with Gasteiger partial charge < -0.3 is 4.74 Å². The van der Waals surface area contributed by atoms with E-state index in [0.29, 0.717) is 13.0 Å². The van der Waals surface area contributed by atoms with Gasteiger partial charge in [0.1, 0.15) is 0 Å². The predicted molar refractivity (Wildman–Crippen MR) is 83.3 cm³/mol. The molecule has 0 N–H and O–H groups in total. The summed E-state index contributed by atoms with van der Waals surface area (Å²) in [6.07, 6.45) is 3.79. The van der Waals surface area contributed by atoms with Crippen LogP contribution in [0.25, 0.3) is 0 Å². The molecule has 0 amide bonds. The molecule has 0 rings (SSSR count). The Bertz CT molecular complexity index is 360. The summed E-state index contributed by atoms with van der Waals surface area (Å²) in [5.74, 6) is 0. The van der Waals surface area contributed by atoms with E-state index in [1.54, 1.807) is 0 Å². The Balaban J connectivity index is 4.04. The normalized spacial score (nSPS) is 15.3. The molecule has 122 valence electrons. The third kappa shape index (κ3) is 11.7. The van der Waals surface area contributed by atoms with Crippen LogP contribution in [0.4, 0.5) is 0 Å². The molecule has 0 radical (unpaired) electrons. The SMILES string of the molecule is CC(C)(C)CC(OCCCCOS(C)(=O)=O)C(C)(C)C. The van der Waals surface area contributed by atoms with Crippen LogP contribution in [0.1, 0.15) is 60.8 Å². The lowest BCUT2D eigenvalue weighted by molar-refractivity contribution is -0.0420. The number of unbranched alkanes of at least 4 members (excludes halogenated alkanes) is 1. The summed E-state index contributed by atoms with van der Waals surface area (Å²) in [6, 6.07) is 0. The fraction of sp³-hybridized carbons (Fsp3) is 1.00. The molecule has 1 unspecified atom stereocenters. The van der Waals surface area contributed by atoms with Crippen LogP contribution >= 0.6 is 0 Å². The molecule has 5 heteroatoms. The Morgan fingerprint density at radius 3 is 1.85 bits per heavy atom. The van der Waals surface area contributed by atoms with Gasteiger partial charge in [0.15, 0.2) is 0 Å². The van der Waals surface area contributed by atoms with Crippen LogP contribution in [0.15, 0.2) is 0 Å². The number of hydrogen-bond acceptors (Lipinski definition) is 4. The molecule has 0 saturated carbocycles. The predicted octanol–water partition coefficient (Wildman–Crippen LogP) is 3.61. The van der Waals surface area contributed by atoms with Crippen molar-refractivity contribution >= 4 is 10.1 Å². The lowest BCUT2D eigenvalue weighted by Crippen LogP contribution is -2.33. The third-order valence-corrected chi connectivity index (χ3v) is 3.51. The van der Waals surface area contributed by atoms with Gasteiger partial charge in [-0.05, 0) is 30.1 Å². The second-order valence-electron chi connectivity index (χ2n) is 7.72. The van der Waals surface area contributed by atoms with Gasteiger partial charge in [-0.2, -0.15) is 8.42 Å². The van der Waals surface area contributed by atoms with Crippen LogP contribution in [0.3, 0.4) is 0 Å². The average Bonchev–Trinajstić information content (AvgIpc) is 2.16. The van der Waals surface area contributed by atoms with E-state index >= 15 is 0 Å². The molecule has 0 bridgehead atoms. The zero-order valence-corrected chi connectivity index (χ0v) is 15.0. The summed E-state index contributed by atoms with van der Waals surface area (Å²) in [6.45, 7) is 14.1. The van der Waals surface area contributed by atoms with Gasteiger partial charge >= 0.3 is 0 Å². The summed E-state index contributed by atoms with van der Waals surface area (Å²) in [7, 11) is -3.32. The fourth-order valence-corrected chi connectivity index (χ4v) is 2.23. The molecule has 0 aliphatic rings. The molecule has 1 atom stereocenters. The molecule has 4 nitrogen and oxygen atoms in total. The Morgan fingerprint density at radius 2 is 1.45 bits per heavy atom. The topological polar surface area (TPSA) is 52.6 Å². The molecule has 0 aromatic carbocycles. The van der Waals surface area contributed by atoms with E-state index in [-0.39, 0.29) is 23.5 Å². The summed E-state index contributed by atoms with van der Waals surface area (Å²) >= 11 is 0. The highest BCUT2D eigenvalue weighted by molar-refractivity contribution is 7.85. The largest absolute Gasteiger partial charge is 0.378 e. The lowest BCUT2D eigenvalue weighted by Gasteiger charge is -2.35. The Hall–Kier alpha value is -0.130. The molecular weight excluding hydrogens is 276 g/mol. The van der Waals surface area contributed by atoms with Crippen molar-refractivity contribution in [3.8, 4) is 0 Å². The molecule has 0 aliphatic carbocycles. The molecule has 0 aromatic rings. The minimum Gasteiger partial charge on any atom is -0.378 e. The number of ether oxygens (including phenoxy) is 1. The molecule has 0 aromatic heterocycles. The van der Waals surface area contributed by atoms with Crippen LogP contribution < -0.4 is 0 Å². The van der Waals surface area contributed by atoms with Gasteiger partial charge in [0, 0.05) is 6.61 Å². The maximum Gasteiger partial charge on any atom is 0.264 e. The Kier molecular flexibility index (Phi) is 7.71.